The van der Waals surface area contributed by atoms with E-state index in [2.05, 4.69) is 14.7 Å². The number of carbonyl (C=O) groups is 1. The van der Waals surface area contributed by atoms with E-state index in [1.807, 2.05) is 0 Å². The van der Waals surface area contributed by atoms with E-state index in [1.165, 1.54) is 0 Å². The molecule has 246 valence electrons. The van der Waals surface area contributed by atoms with Crippen LogP contribution in [0, 0.1) is 0 Å². The minimum atomic E-state index is -0.933. The Hall–Kier alpha value is -3.11. The van der Waals surface area contributed by atoms with Crippen molar-refractivity contribution in [2.75, 3.05) is 120 Å². The van der Waals surface area contributed by atoms with E-state index >= 15 is 0 Å². The number of carboxylic acids is 1. The average Bonchev–Trinajstić information content (AvgIpc) is 3.05. The van der Waals surface area contributed by atoms with Crippen LogP contribution < -0.4 is 19.6 Å². The Morgan fingerprint density at radius 3 is 1.52 bits per heavy atom. The Bertz CT molecular complexity index is 1180. The van der Waals surface area contributed by atoms with Crippen LogP contribution in [0.5, 0.6) is 0 Å². The predicted octanol–water partition coefficient (Wildman–Crippen LogP) is 1.02. The number of piperidine rings is 2. The number of aliphatic hydroxyl groups excluding tert-OH is 1. The normalized spacial score (nSPS) is 16.6. The molecule has 0 unspecified atom stereocenters. The summed E-state index contributed by atoms with van der Waals surface area (Å²) in [6.45, 7) is 5.19. The molecular weight excluding hydrogens is 572 g/mol. The number of fused-ring (bicyclic) bond motifs is 1. The van der Waals surface area contributed by atoms with Gasteiger partial charge in [0.1, 0.15) is 11.0 Å². The molecule has 4 heterocycles. The van der Waals surface area contributed by atoms with E-state index in [0.29, 0.717) is 74.0 Å². The van der Waals surface area contributed by atoms with Crippen LogP contribution in [-0.2, 0) is 23.7 Å². The summed E-state index contributed by atoms with van der Waals surface area (Å²) >= 11 is 0. The lowest BCUT2D eigenvalue weighted by Gasteiger charge is -2.35. The average molecular weight is 621 g/mol. The Morgan fingerprint density at radius 2 is 1.16 bits per heavy atom. The van der Waals surface area contributed by atoms with Gasteiger partial charge in [0.05, 0.1) is 38.4 Å². The molecule has 15 heteroatoms. The molecule has 0 bridgehead atoms. The monoisotopic (exact) mass is 620 g/mol. The summed E-state index contributed by atoms with van der Waals surface area (Å²) in [5.74, 6) is 1.30. The van der Waals surface area contributed by atoms with E-state index in [-0.39, 0.29) is 38.3 Å². The summed E-state index contributed by atoms with van der Waals surface area (Å²) in [5, 5.41) is 19.3. The highest BCUT2D eigenvalue weighted by molar-refractivity contribution is 5.95. The second kappa shape index (κ2) is 16.8. The number of aliphatic hydroxyl groups is 1. The van der Waals surface area contributed by atoms with Gasteiger partial charge in [-0.05, 0) is 25.7 Å². The fraction of sp³-hybridized carbons (Fsp3) is 0.759. The van der Waals surface area contributed by atoms with Gasteiger partial charge in [-0.1, -0.05) is 0 Å². The van der Waals surface area contributed by atoms with Gasteiger partial charge >= 0.3 is 5.97 Å². The lowest BCUT2D eigenvalue weighted by molar-refractivity contribution is -0.136. The molecule has 0 saturated carbocycles. The van der Waals surface area contributed by atoms with Crippen LogP contribution in [0.25, 0.3) is 11.0 Å². The molecule has 2 aromatic heterocycles. The number of ether oxygens (including phenoxy) is 4. The number of rotatable bonds is 17. The molecule has 4 rings (SSSR count). The van der Waals surface area contributed by atoms with Gasteiger partial charge in [0.15, 0.2) is 11.6 Å². The Labute approximate surface area is 259 Å². The van der Waals surface area contributed by atoms with E-state index in [9.17, 15) is 15.0 Å². The van der Waals surface area contributed by atoms with Gasteiger partial charge in [0.2, 0.25) is 11.9 Å². The molecule has 44 heavy (non-hydrogen) atoms. The number of carboxylic acid groups (broad SMARTS) is 1. The molecule has 0 aliphatic carbocycles. The largest absolute Gasteiger partial charge is 0.481 e. The van der Waals surface area contributed by atoms with E-state index in [0.717, 1.165) is 38.8 Å². The van der Waals surface area contributed by atoms with Gasteiger partial charge in [-0.25, -0.2) is 9.97 Å². The molecule has 0 atom stereocenters. The van der Waals surface area contributed by atoms with Gasteiger partial charge in [0.25, 0.3) is 0 Å². The van der Waals surface area contributed by atoms with Crippen molar-refractivity contribution in [2.45, 2.75) is 44.3 Å². The van der Waals surface area contributed by atoms with Crippen LogP contribution in [0.3, 0.4) is 0 Å². The van der Waals surface area contributed by atoms with E-state index in [1.54, 1.807) is 33.3 Å². The molecular formula is C29H48N8O7. The SMILES string of the molecule is COCCN(CCOC)c1nc(N2CCC(OC)CC2)c2nc(N(CCO)CCC(=O)O)nc(N3CCC(OC)CC3)c2n1. The zero-order valence-corrected chi connectivity index (χ0v) is 26.5. The lowest BCUT2D eigenvalue weighted by atomic mass is 10.1. The van der Waals surface area contributed by atoms with Gasteiger partial charge in [-0.2, -0.15) is 9.97 Å². The predicted molar refractivity (Wildman–Crippen MR) is 167 cm³/mol. The van der Waals surface area contributed by atoms with Crippen molar-refractivity contribution >= 4 is 40.5 Å². The molecule has 0 radical (unpaired) electrons. The highest BCUT2D eigenvalue weighted by Crippen LogP contribution is 2.35. The number of hydrogen-bond acceptors (Lipinski definition) is 14. The molecule has 2 aromatic rings. The van der Waals surface area contributed by atoms with Gasteiger partial charge in [-0.3, -0.25) is 4.79 Å². The van der Waals surface area contributed by atoms with Crippen LogP contribution in [0.1, 0.15) is 32.1 Å². The second-order valence-corrected chi connectivity index (χ2v) is 11.1. The molecule has 0 amide bonds. The van der Waals surface area contributed by atoms with Crippen molar-refractivity contribution in [2.24, 2.45) is 0 Å². The molecule has 0 spiro atoms. The summed E-state index contributed by atoms with van der Waals surface area (Å²) < 4.78 is 22.1. The highest BCUT2D eigenvalue weighted by atomic mass is 16.5. The lowest BCUT2D eigenvalue weighted by Crippen LogP contribution is -2.39. The van der Waals surface area contributed by atoms with Crippen molar-refractivity contribution in [3.63, 3.8) is 0 Å². The third-order valence-corrected chi connectivity index (χ3v) is 8.29. The summed E-state index contributed by atoms with van der Waals surface area (Å²) in [6.07, 6.45) is 3.59. The van der Waals surface area contributed by atoms with Crippen LogP contribution >= 0.6 is 0 Å². The summed E-state index contributed by atoms with van der Waals surface area (Å²) in [5.41, 5.74) is 1.22. The van der Waals surface area contributed by atoms with E-state index < -0.39 is 5.97 Å². The molecule has 0 aromatic carbocycles. The topological polar surface area (TPSA) is 159 Å². The number of hydrogen-bond donors (Lipinski definition) is 2. The molecule has 2 N–H and O–H groups in total. The maximum atomic E-state index is 11.5. The van der Waals surface area contributed by atoms with E-state index in [4.69, 9.17) is 38.9 Å². The van der Waals surface area contributed by atoms with Gasteiger partial charge in [0, 0.05) is 80.8 Å². The first kappa shape index (κ1) is 33.8. The van der Waals surface area contributed by atoms with Gasteiger partial charge in [-0.15, -0.1) is 0 Å². The zero-order chi connectivity index (χ0) is 31.5. The maximum Gasteiger partial charge on any atom is 0.305 e. The number of anilines is 4. The summed E-state index contributed by atoms with van der Waals surface area (Å²) in [7, 11) is 6.82. The van der Waals surface area contributed by atoms with Gasteiger partial charge < -0.3 is 48.8 Å². The minimum Gasteiger partial charge on any atom is -0.481 e. The van der Waals surface area contributed by atoms with Crippen LogP contribution in [-0.4, -0.2) is 149 Å². The van der Waals surface area contributed by atoms with Crippen LogP contribution in [0.2, 0.25) is 0 Å². The van der Waals surface area contributed by atoms with Crippen molar-refractivity contribution in [1.82, 2.24) is 19.9 Å². The standard InChI is InChI=1S/C29H48N8O7/c1-41-19-16-37(17-20-42-2)29-31-25-24(27(33-29)35-12-7-22(44-4)8-13-35)30-28(36(15-18-38)14-9-23(39)40)32-26(25)34-10-5-21(43-3)6-11-34/h21-22,38H,5-20H2,1-4H3,(H,39,40). The first-order valence-electron chi connectivity index (χ1n) is 15.4. The first-order valence-corrected chi connectivity index (χ1v) is 15.4. The van der Waals surface area contributed by atoms with Crippen LogP contribution in [0.15, 0.2) is 0 Å². The maximum absolute atomic E-state index is 11.5. The first-order chi connectivity index (χ1) is 21.4. The molecule has 2 aliphatic heterocycles. The van der Waals surface area contributed by atoms with Crippen molar-refractivity contribution < 1.29 is 34.0 Å². The third-order valence-electron chi connectivity index (χ3n) is 8.29. The molecule has 2 aliphatic rings. The second-order valence-electron chi connectivity index (χ2n) is 11.1. The summed E-state index contributed by atoms with van der Waals surface area (Å²) in [6, 6.07) is 0. The van der Waals surface area contributed by atoms with Crippen molar-refractivity contribution in [3.05, 3.63) is 0 Å². The highest BCUT2D eigenvalue weighted by Gasteiger charge is 2.30. The number of methoxy groups -OCH3 is 4. The fourth-order valence-electron chi connectivity index (χ4n) is 5.67. The number of aliphatic carboxylic acids is 1. The van der Waals surface area contributed by atoms with Crippen molar-refractivity contribution in [3.8, 4) is 0 Å². The molecule has 2 fully saturated rings. The minimum absolute atomic E-state index is 0.114. The smallest absolute Gasteiger partial charge is 0.305 e. The quantitative estimate of drug-likeness (QED) is 0.258. The van der Waals surface area contributed by atoms with Crippen molar-refractivity contribution in [1.29, 1.82) is 0 Å². The zero-order valence-electron chi connectivity index (χ0n) is 26.5. The molecule has 15 nitrogen and oxygen atoms in total. The van der Waals surface area contributed by atoms with Crippen LogP contribution in [0.4, 0.5) is 23.5 Å². The number of nitrogens with zero attached hydrogens (tertiary/aromatic N) is 8. The molecule has 2 saturated heterocycles. The Morgan fingerprint density at radius 1 is 0.727 bits per heavy atom. The fourth-order valence-corrected chi connectivity index (χ4v) is 5.67. The third kappa shape index (κ3) is 8.53. The summed E-state index contributed by atoms with van der Waals surface area (Å²) in [4.78, 5) is 39.9. The Kier molecular flexibility index (Phi) is 12.9. The Balaban J connectivity index is 1.91. The number of aromatic nitrogens is 4.